The van der Waals surface area contributed by atoms with E-state index in [9.17, 15) is 19.7 Å². The minimum atomic E-state index is -0.645. The van der Waals surface area contributed by atoms with Crippen LogP contribution >= 0.6 is 0 Å². The first kappa shape index (κ1) is 20.7. The van der Waals surface area contributed by atoms with Crippen LogP contribution in [0.25, 0.3) is 0 Å². The summed E-state index contributed by atoms with van der Waals surface area (Å²) in [6.07, 6.45) is 0. The average Bonchev–Trinajstić information content (AvgIpc) is 2.71. The van der Waals surface area contributed by atoms with E-state index in [0.29, 0.717) is 5.56 Å². The largest absolute Gasteiger partial charge is 0.493 e. The number of esters is 1. The summed E-state index contributed by atoms with van der Waals surface area (Å²) in [6.45, 7) is 0.186. The summed E-state index contributed by atoms with van der Waals surface area (Å²) in [5, 5.41) is 11.4. The zero-order valence-corrected chi connectivity index (χ0v) is 15.9. The van der Waals surface area contributed by atoms with Crippen LogP contribution in [0.1, 0.15) is 26.3 Å². The van der Waals surface area contributed by atoms with Gasteiger partial charge >= 0.3 is 5.97 Å². The summed E-state index contributed by atoms with van der Waals surface area (Å²) in [7, 11) is 5.55. The second kappa shape index (κ2) is 8.85. The van der Waals surface area contributed by atoms with Gasteiger partial charge in [0.25, 0.3) is 11.6 Å². The van der Waals surface area contributed by atoms with Crippen LogP contribution in [-0.2, 0) is 11.3 Å². The minimum absolute atomic E-state index is 0.115. The maximum atomic E-state index is 12.8. The molecule has 0 bridgehead atoms. The van der Waals surface area contributed by atoms with Crippen molar-refractivity contribution in [2.45, 2.75) is 6.54 Å². The summed E-state index contributed by atoms with van der Waals surface area (Å²) in [4.78, 5) is 36.4. The highest BCUT2D eigenvalue weighted by Gasteiger charge is 2.26. The molecule has 0 saturated carbocycles. The number of nitrogens with zero attached hydrogens (tertiary/aromatic N) is 2. The Balaban J connectivity index is 2.29. The van der Waals surface area contributed by atoms with Gasteiger partial charge in [-0.2, -0.15) is 0 Å². The van der Waals surface area contributed by atoms with Crippen molar-refractivity contribution < 1.29 is 28.7 Å². The maximum absolute atomic E-state index is 12.8. The highest BCUT2D eigenvalue weighted by molar-refractivity contribution is 5.99. The Labute approximate surface area is 161 Å². The third-order valence-corrected chi connectivity index (χ3v) is 4.07. The number of hydrogen-bond acceptors (Lipinski definition) is 7. The van der Waals surface area contributed by atoms with Gasteiger partial charge in [0.2, 0.25) is 0 Å². The van der Waals surface area contributed by atoms with E-state index < -0.39 is 16.8 Å². The van der Waals surface area contributed by atoms with E-state index in [1.54, 1.807) is 24.3 Å². The molecular formula is C19H20N2O7. The molecule has 2 aromatic carbocycles. The summed E-state index contributed by atoms with van der Waals surface area (Å²) in [5.74, 6) is -0.638. The lowest BCUT2D eigenvalue weighted by atomic mass is 10.1. The molecule has 9 nitrogen and oxygen atoms in total. The Kier molecular flexibility index (Phi) is 6.54. The molecule has 2 rings (SSSR count). The Morgan fingerprint density at radius 1 is 1.04 bits per heavy atom. The number of ether oxygens (including phenoxy) is 3. The third kappa shape index (κ3) is 4.37. The molecule has 0 fully saturated rings. The number of hydrogen-bond donors (Lipinski definition) is 0. The molecule has 28 heavy (non-hydrogen) atoms. The van der Waals surface area contributed by atoms with Gasteiger partial charge in [-0.25, -0.2) is 4.79 Å². The fraction of sp³-hybridized carbons (Fsp3) is 0.263. The SMILES string of the molecule is COC(=O)c1ccc(CN(C)C(=O)c2cc(OC)c(OC)cc2[N+](=O)[O-])cc1. The zero-order chi connectivity index (χ0) is 20.8. The van der Waals surface area contributed by atoms with Gasteiger partial charge in [-0.15, -0.1) is 0 Å². The first-order valence-electron chi connectivity index (χ1n) is 8.15. The highest BCUT2D eigenvalue weighted by atomic mass is 16.6. The number of benzene rings is 2. The predicted molar refractivity (Wildman–Crippen MR) is 99.8 cm³/mol. The van der Waals surface area contributed by atoms with Crippen molar-refractivity contribution in [2.75, 3.05) is 28.4 Å². The number of amides is 1. The van der Waals surface area contributed by atoms with E-state index >= 15 is 0 Å². The number of nitro groups is 1. The van der Waals surface area contributed by atoms with Crippen molar-refractivity contribution >= 4 is 17.6 Å². The van der Waals surface area contributed by atoms with Gasteiger partial charge in [-0.1, -0.05) is 12.1 Å². The van der Waals surface area contributed by atoms with Crippen LogP contribution in [0, 0.1) is 10.1 Å². The summed E-state index contributed by atoms with van der Waals surface area (Å²) < 4.78 is 14.8. The second-order valence-corrected chi connectivity index (χ2v) is 5.83. The van der Waals surface area contributed by atoms with Crippen molar-refractivity contribution in [2.24, 2.45) is 0 Å². The van der Waals surface area contributed by atoms with E-state index in [4.69, 9.17) is 9.47 Å². The van der Waals surface area contributed by atoms with Crippen LogP contribution in [0.5, 0.6) is 11.5 Å². The van der Waals surface area contributed by atoms with Crippen molar-refractivity contribution in [1.82, 2.24) is 4.90 Å². The Hall–Kier alpha value is -3.62. The van der Waals surface area contributed by atoms with E-state index in [2.05, 4.69) is 4.74 Å². The molecule has 0 aliphatic rings. The molecule has 0 radical (unpaired) electrons. The van der Waals surface area contributed by atoms with Crippen LogP contribution in [-0.4, -0.2) is 50.1 Å². The van der Waals surface area contributed by atoms with Crippen molar-refractivity contribution in [3.05, 3.63) is 63.2 Å². The van der Waals surface area contributed by atoms with E-state index in [-0.39, 0.29) is 29.3 Å². The lowest BCUT2D eigenvalue weighted by Crippen LogP contribution is -2.27. The van der Waals surface area contributed by atoms with Crippen molar-refractivity contribution in [3.8, 4) is 11.5 Å². The summed E-state index contributed by atoms with van der Waals surface area (Å²) in [6, 6.07) is 8.97. The average molecular weight is 388 g/mol. The Morgan fingerprint density at radius 3 is 2.11 bits per heavy atom. The van der Waals surface area contributed by atoms with Gasteiger partial charge in [0.1, 0.15) is 5.56 Å². The molecule has 0 aliphatic carbocycles. The molecular weight excluding hydrogens is 368 g/mol. The van der Waals surface area contributed by atoms with Crippen LogP contribution in [0.4, 0.5) is 5.69 Å². The smallest absolute Gasteiger partial charge is 0.337 e. The predicted octanol–water partition coefficient (Wildman–Crippen LogP) is 2.67. The number of carbonyl (C=O) groups excluding carboxylic acids is 2. The molecule has 0 N–H and O–H groups in total. The van der Waals surface area contributed by atoms with Gasteiger partial charge in [0.05, 0.1) is 37.9 Å². The fourth-order valence-electron chi connectivity index (χ4n) is 2.61. The number of nitro benzene ring substituents is 1. The first-order chi connectivity index (χ1) is 13.3. The van der Waals surface area contributed by atoms with E-state index in [1.165, 1.54) is 39.3 Å². The normalized spacial score (nSPS) is 10.1. The van der Waals surface area contributed by atoms with Crippen LogP contribution in [0.15, 0.2) is 36.4 Å². The number of methoxy groups -OCH3 is 3. The zero-order valence-electron chi connectivity index (χ0n) is 15.9. The van der Waals surface area contributed by atoms with Gasteiger partial charge in [0.15, 0.2) is 11.5 Å². The molecule has 0 saturated heterocycles. The second-order valence-electron chi connectivity index (χ2n) is 5.83. The monoisotopic (exact) mass is 388 g/mol. The fourth-order valence-corrected chi connectivity index (χ4v) is 2.61. The molecule has 9 heteroatoms. The lowest BCUT2D eigenvalue weighted by Gasteiger charge is -2.18. The summed E-state index contributed by atoms with van der Waals surface area (Å²) in [5.41, 5.74) is 0.634. The standard InChI is InChI=1S/C19H20N2O7/c1-20(11-12-5-7-13(8-6-12)19(23)28-4)18(22)14-9-16(26-2)17(27-3)10-15(14)21(24)25/h5-10H,11H2,1-4H3. The van der Waals surface area contributed by atoms with Crippen LogP contribution in [0.2, 0.25) is 0 Å². The quantitative estimate of drug-likeness (QED) is 0.407. The van der Waals surface area contributed by atoms with Gasteiger partial charge in [0, 0.05) is 19.7 Å². The Morgan fingerprint density at radius 2 is 1.61 bits per heavy atom. The van der Waals surface area contributed by atoms with Crippen molar-refractivity contribution in [3.63, 3.8) is 0 Å². The van der Waals surface area contributed by atoms with Gasteiger partial charge in [-0.3, -0.25) is 14.9 Å². The highest BCUT2D eigenvalue weighted by Crippen LogP contribution is 2.35. The minimum Gasteiger partial charge on any atom is -0.493 e. The molecule has 0 spiro atoms. The van der Waals surface area contributed by atoms with Crippen LogP contribution in [0.3, 0.4) is 0 Å². The molecule has 2 aromatic rings. The maximum Gasteiger partial charge on any atom is 0.337 e. The molecule has 0 aliphatic heterocycles. The lowest BCUT2D eigenvalue weighted by molar-refractivity contribution is -0.385. The molecule has 0 unspecified atom stereocenters. The van der Waals surface area contributed by atoms with Gasteiger partial charge in [-0.05, 0) is 17.7 Å². The van der Waals surface area contributed by atoms with E-state index in [1.807, 2.05) is 0 Å². The topological polar surface area (TPSA) is 108 Å². The molecule has 148 valence electrons. The van der Waals surface area contributed by atoms with Crippen molar-refractivity contribution in [1.29, 1.82) is 0 Å². The first-order valence-corrected chi connectivity index (χ1v) is 8.15. The molecule has 0 aromatic heterocycles. The molecule has 0 heterocycles. The van der Waals surface area contributed by atoms with E-state index in [0.717, 1.165) is 11.6 Å². The van der Waals surface area contributed by atoms with Crippen LogP contribution < -0.4 is 9.47 Å². The number of carbonyl (C=O) groups is 2. The van der Waals surface area contributed by atoms with Gasteiger partial charge < -0.3 is 19.1 Å². The molecule has 1 amide bonds. The summed E-state index contributed by atoms with van der Waals surface area (Å²) >= 11 is 0. The Bertz CT molecular complexity index is 894. The number of rotatable bonds is 7. The molecule has 0 atom stereocenters. The third-order valence-electron chi connectivity index (χ3n) is 4.07.